The van der Waals surface area contributed by atoms with E-state index in [1.807, 2.05) is 6.92 Å². The second kappa shape index (κ2) is 13.4. The fourth-order valence-electron chi connectivity index (χ4n) is 2.00. The molecule has 0 heterocycles. The van der Waals surface area contributed by atoms with E-state index < -0.39 is 6.10 Å². The number of hydrogen-bond acceptors (Lipinski definition) is 4. The van der Waals surface area contributed by atoms with Crippen molar-refractivity contribution >= 4 is 59.1 Å². The van der Waals surface area contributed by atoms with Crippen LogP contribution >= 0.6 is 47.2 Å². The average Bonchev–Trinajstić information content (AvgIpc) is 2.50. The molecule has 1 rings (SSSR count). The summed E-state index contributed by atoms with van der Waals surface area (Å²) in [5.74, 6) is 0.235. The minimum Gasteiger partial charge on any atom is -0.463 e. The zero-order chi connectivity index (χ0) is 18.8. The third kappa shape index (κ3) is 10.4. The van der Waals surface area contributed by atoms with E-state index >= 15 is 0 Å². The molecule has 148 valence electrons. The molecule has 0 aliphatic carbocycles. The van der Waals surface area contributed by atoms with Gasteiger partial charge in [0.05, 0.1) is 25.2 Å². The van der Waals surface area contributed by atoms with Gasteiger partial charge in [-0.25, -0.2) is 0 Å². The number of carbonyl (C=O) groups excluding carboxylic acids is 1. The summed E-state index contributed by atoms with van der Waals surface area (Å²) in [7, 11) is 0. The highest BCUT2D eigenvalue weighted by atomic mass is 127. The van der Waals surface area contributed by atoms with Gasteiger partial charge in [-0.15, -0.1) is 24.0 Å². The molecule has 1 atom stereocenters. The molecule has 6 nitrogen and oxygen atoms in total. The van der Waals surface area contributed by atoms with Gasteiger partial charge in [-0.05, 0) is 44.5 Å². The lowest BCUT2D eigenvalue weighted by Gasteiger charge is -2.14. The van der Waals surface area contributed by atoms with E-state index in [0.717, 1.165) is 0 Å². The molecule has 0 bridgehead atoms. The highest BCUT2D eigenvalue weighted by molar-refractivity contribution is 14.0. The van der Waals surface area contributed by atoms with E-state index in [0.29, 0.717) is 34.7 Å². The van der Waals surface area contributed by atoms with E-state index in [1.54, 1.807) is 32.0 Å². The number of benzene rings is 1. The Morgan fingerprint density at radius 3 is 2.38 bits per heavy atom. The number of ether oxygens (including phenoxy) is 1. The minimum atomic E-state index is -0.836. The third-order valence-electron chi connectivity index (χ3n) is 3.02. The van der Waals surface area contributed by atoms with Crippen LogP contribution in [-0.2, 0) is 9.53 Å². The first kappa shape index (κ1) is 25.2. The van der Waals surface area contributed by atoms with Crippen molar-refractivity contribution in [2.24, 2.45) is 4.99 Å². The molecule has 0 radical (unpaired) electrons. The maximum absolute atomic E-state index is 11.5. The lowest BCUT2D eigenvalue weighted by atomic mass is 10.1. The molecule has 1 aromatic carbocycles. The topological polar surface area (TPSA) is 83.0 Å². The lowest BCUT2D eigenvalue weighted by molar-refractivity contribution is -0.147. The Morgan fingerprint density at radius 2 is 1.85 bits per heavy atom. The van der Waals surface area contributed by atoms with Gasteiger partial charge in [0, 0.05) is 23.1 Å². The molecule has 26 heavy (non-hydrogen) atoms. The van der Waals surface area contributed by atoms with Crippen LogP contribution in [0.3, 0.4) is 0 Å². The molecule has 0 aliphatic rings. The van der Waals surface area contributed by atoms with Crippen LogP contribution in [0, 0.1) is 0 Å². The predicted molar refractivity (Wildman–Crippen MR) is 117 cm³/mol. The average molecular weight is 518 g/mol. The minimum absolute atomic E-state index is 0. The first-order chi connectivity index (χ1) is 11.8. The lowest BCUT2D eigenvalue weighted by Crippen LogP contribution is -2.38. The van der Waals surface area contributed by atoms with E-state index in [-0.39, 0.29) is 49.0 Å². The second-order valence-corrected chi connectivity index (χ2v) is 6.53. The van der Waals surface area contributed by atoms with Crippen molar-refractivity contribution in [1.82, 2.24) is 10.6 Å². The quantitative estimate of drug-likeness (QED) is 0.212. The summed E-state index contributed by atoms with van der Waals surface area (Å²) < 4.78 is 5.07. The van der Waals surface area contributed by atoms with Crippen molar-refractivity contribution in [2.45, 2.75) is 39.4 Å². The number of rotatable bonds is 8. The van der Waals surface area contributed by atoms with Crippen molar-refractivity contribution in [2.75, 3.05) is 19.6 Å². The van der Waals surface area contributed by atoms with Gasteiger partial charge in [-0.2, -0.15) is 0 Å². The van der Waals surface area contributed by atoms with Gasteiger partial charge in [0.25, 0.3) is 0 Å². The molecular formula is C17H26Cl2IN3O3. The summed E-state index contributed by atoms with van der Waals surface area (Å²) in [6, 6.07) is 4.90. The number of nitrogens with one attached hydrogen (secondary N) is 2. The van der Waals surface area contributed by atoms with Gasteiger partial charge in [0.15, 0.2) is 5.96 Å². The van der Waals surface area contributed by atoms with Crippen molar-refractivity contribution in [3.8, 4) is 0 Å². The summed E-state index contributed by atoms with van der Waals surface area (Å²) in [4.78, 5) is 15.8. The predicted octanol–water partition coefficient (Wildman–Crippen LogP) is 3.54. The van der Waals surface area contributed by atoms with Crippen LogP contribution in [0.15, 0.2) is 23.2 Å². The first-order valence-corrected chi connectivity index (χ1v) is 8.93. The highest BCUT2D eigenvalue weighted by Gasteiger charge is 2.10. The molecule has 1 unspecified atom stereocenters. The number of aliphatic hydroxyl groups is 1. The van der Waals surface area contributed by atoms with Crippen LogP contribution in [-0.4, -0.2) is 42.8 Å². The number of halogens is 3. The molecular weight excluding hydrogens is 492 g/mol. The van der Waals surface area contributed by atoms with Crippen molar-refractivity contribution in [3.05, 3.63) is 33.8 Å². The van der Waals surface area contributed by atoms with Crippen molar-refractivity contribution in [3.63, 3.8) is 0 Å². The van der Waals surface area contributed by atoms with Crippen LogP contribution in [0.1, 0.15) is 38.9 Å². The Kier molecular flexibility index (Phi) is 13.0. The van der Waals surface area contributed by atoms with E-state index in [2.05, 4.69) is 15.6 Å². The molecule has 0 saturated carbocycles. The Bertz CT molecular complexity index is 580. The van der Waals surface area contributed by atoms with Crippen LogP contribution in [0.25, 0.3) is 0 Å². The standard InChI is InChI=1S/C17H25Cl2N3O3.HI/c1-4-20-17(21-6-5-16(24)25-11(2)3)22-10-15(23)12-7-13(18)9-14(19)8-12;/h7-9,11,15,23H,4-6,10H2,1-3H3,(H2,20,21,22);1H. The Hall–Kier alpha value is -0.770. The number of aliphatic hydroxyl groups excluding tert-OH is 1. The Labute approximate surface area is 181 Å². The zero-order valence-electron chi connectivity index (χ0n) is 15.1. The van der Waals surface area contributed by atoms with Crippen LogP contribution < -0.4 is 10.6 Å². The van der Waals surface area contributed by atoms with Gasteiger partial charge >= 0.3 is 5.97 Å². The van der Waals surface area contributed by atoms with E-state index in [1.165, 1.54) is 0 Å². The maximum Gasteiger partial charge on any atom is 0.307 e. The summed E-state index contributed by atoms with van der Waals surface area (Å²) >= 11 is 11.9. The largest absolute Gasteiger partial charge is 0.463 e. The summed E-state index contributed by atoms with van der Waals surface area (Å²) in [5, 5.41) is 17.2. The van der Waals surface area contributed by atoms with Gasteiger partial charge in [-0.3, -0.25) is 9.79 Å². The normalized spacial score (nSPS) is 12.3. The summed E-state index contributed by atoms with van der Waals surface area (Å²) in [6.07, 6.45) is -0.735. The molecule has 0 saturated heterocycles. The highest BCUT2D eigenvalue weighted by Crippen LogP contribution is 2.23. The number of hydrogen-bond donors (Lipinski definition) is 3. The van der Waals surface area contributed by atoms with Crippen LogP contribution in [0.2, 0.25) is 10.0 Å². The van der Waals surface area contributed by atoms with Gasteiger partial charge in [-0.1, -0.05) is 23.2 Å². The summed E-state index contributed by atoms with van der Waals surface area (Å²) in [5.41, 5.74) is 0.595. The smallest absolute Gasteiger partial charge is 0.307 e. The number of nitrogens with zero attached hydrogens (tertiary/aromatic N) is 1. The number of guanidine groups is 1. The molecule has 0 fully saturated rings. The molecule has 0 aromatic heterocycles. The molecule has 0 spiro atoms. The van der Waals surface area contributed by atoms with E-state index in [9.17, 15) is 9.90 Å². The molecule has 0 aliphatic heterocycles. The Morgan fingerprint density at radius 1 is 1.23 bits per heavy atom. The summed E-state index contributed by atoms with van der Waals surface area (Å²) in [6.45, 7) is 6.71. The Balaban J connectivity index is 0.00000625. The fourth-order valence-corrected chi connectivity index (χ4v) is 2.54. The maximum atomic E-state index is 11.5. The first-order valence-electron chi connectivity index (χ1n) is 8.17. The van der Waals surface area contributed by atoms with Crippen LogP contribution in [0.4, 0.5) is 0 Å². The molecule has 3 N–H and O–H groups in total. The molecule has 9 heteroatoms. The van der Waals surface area contributed by atoms with Gasteiger partial charge in [0.1, 0.15) is 0 Å². The number of esters is 1. The number of aliphatic imine (C=N–C) groups is 1. The van der Waals surface area contributed by atoms with Crippen molar-refractivity contribution in [1.29, 1.82) is 0 Å². The van der Waals surface area contributed by atoms with E-state index in [4.69, 9.17) is 27.9 Å². The SMILES string of the molecule is CCNC(=NCC(O)c1cc(Cl)cc(Cl)c1)NCCC(=O)OC(C)C.I. The van der Waals surface area contributed by atoms with Crippen molar-refractivity contribution < 1.29 is 14.6 Å². The van der Waals surface area contributed by atoms with Crippen LogP contribution in [0.5, 0.6) is 0 Å². The zero-order valence-corrected chi connectivity index (χ0v) is 18.9. The third-order valence-corrected chi connectivity index (χ3v) is 3.46. The monoisotopic (exact) mass is 517 g/mol. The second-order valence-electron chi connectivity index (χ2n) is 5.65. The molecule has 0 amide bonds. The van der Waals surface area contributed by atoms with Gasteiger partial charge < -0.3 is 20.5 Å². The number of carbonyl (C=O) groups is 1. The molecule has 1 aromatic rings. The van der Waals surface area contributed by atoms with Gasteiger partial charge in [0.2, 0.25) is 0 Å². The fraction of sp³-hybridized carbons (Fsp3) is 0.529.